The Labute approximate surface area is 283 Å². The number of rotatable bonds is 6. The van der Waals surface area contributed by atoms with E-state index in [1.54, 1.807) is 6.07 Å². The molecule has 0 aliphatic carbocycles. The third kappa shape index (κ3) is 5.86. The largest absolute Gasteiger partial charge is 0.292 e. The second-order valence-electron chi connectivity index (χ2n) is 10.8. The lowest BCUT2D eigenvalue weighted by molar-refractivity contribution is 1.08. The Morgan fingerprint density at radius 2 is 0.938 bits per heavy atom. The molecule has 8 aromatic rings. The fourth-order valence-corrected chi connectivity index (χ4v) is 6.73. The van der Waals surface area contributed by atoms with Gasteiger partial charge in [0.05, 0.1) is 33.8 Å². The van der Waals surface area contributed by atoms with E-state index < -0.39 is 0 Å². The predicted octanol–water partition coefficient (Wildman–Crippen LogP) is 9.18. The molecule has 0 bridgehead atoms. The number of hydrogen-bond donors (Lipinski definition) is 2. The van der Waals surface area contributed by atoms with Gasteiger partial charge in [0, 0.05) is 21.9 Å². The van der Waals surface area contributed by atoms with Gasteiger partial charge in [-0.2, -0.15) is 0 Å². The predicted molar refractivity (Wildman–Crippen MR) is 196 cm³/mol. The van der Waals surface area contributed by atoms with E-state index in [4.69, 9.17) is 25.8 Å². The summed E-state index contributed by atoms with van der Waals surface area (Å²) in [5.41, 5.74) is 7.44. The molecule has 8 nitrogen and oxygen atoms in total. The maximum atomic E-state index is 8.83. The molecule has 10 heteroatoms. The summed E-state index contributed by atoms with van der Waals surface area (Å²) < 4.78 is 0. The van der Waals surface area contributed by atoms with Gasteiger partial charge in [-0.1, -0.05) is 108 Å². The van der Waals surface area contributed by atoms with Gasteiger partial charge in [-0.25, -0.2) is 19.9 Å². The van der Waals surface area contributed by atoms with Crippen molar-refractivity contribution in [3.8, 4) is 43.9 Å². The number of aromatic nitrogens is 6. The quantitative estimate of drug-likeness (QED) is 0.104. The Morgan fingerprint density at radius 3 is 1.60 bits per heavy atom. The van der Waals surface area contributed by atoms with Crippen molar-refractivity contribution in [3.05, 3.63) is 145 Å². The number of fused-ring (bicyclic) bond motifs is 3. The molecule has 0 radical (unpaired) electrons. The summed E-state index contributed by atoms with van der Waals surface area (Å²) in [6.07, 6.45) is 0. The van der Waals surface area contributed by atoms with Crippen molar-refractivity contribution in [3.63, 3.8) is 0 Å². The van der Waals surface area contributed by atoms with Crippen LogP contribution in [0.3, 0.4) is 0 Å². The van der Waals surface area contributed by atoms with E-state index >= 15 is 0 Å². The van der Waals surface area contributed by atoms with Gasteiger partial charge >= 0.3 is 0 Å². The molecule has 0 saturated carbocycles. The number of thioether (sulfide) groups is 1. The van der Waals surface area contributed by atoms with Crippen LogP contribution in [0.15, 0.2) is 133 Å². The number of pyridine rings is 4. The van der Waals surface area contributed by atoms with Crippen LogP contribution in [0.25, 0.3) is 65.7 Å². The molecule has 5 heterocycles. The third-order valence-electron chi connectivity index (χ3n) is 7.69. The van der Waals surface area contributed by atoms with Crippen LogP contribution >= 0.6 is 23.1 Å². The molecule has 48 heavy (non-hydrogen) atoms. The summed E-state index contributed by atoms with van der Waals surface area (Å²) in [6.45, 7) is 0. The number of hydrogen-bond acceptors (Lipinski definition) is 10. The van der Waals surface area contributed by atoms with Gasteiger partial charge < -0.3 is 0 Å². The molecule has 228 valence electrons. The minimum Gasteiger partial charge on any atom is -0.292 e. The molecule has 0 atom stereocenters. The lowest BCUT2D eigenvalue weighted by Crippen LogP contribution is -2.05. The van der Waals surface area contributed by atoms with Crippen LogP contribution in [0.2, 0.25) is 0 Å². The van der Waals surface area contributed by atoms with Crippen LogP contribution in [-0.4, -0.2) is 40.2 Å². The molecule has 0 amide bonds. The molecule has 0 spiro atoms. The first-order valence-electron chi connectivity index (χ1n) is 15.0. The van der Waals surface area contributed by atoms with Crippen molar-refractivity contribution >= 4 is 55.0 Å². The highest BCUT2D eigenvalue weighted by atomic mass is 32.2. The number of nitrogens with one attached hydrogen (secondary N) is 2. The Balaban J connectivity index is 1.08. The standard InChI is InChI=1S/C38H24N8S2/c39-35(29-15-7-13-27(41-29)23-9-3-1-4-10-23)47-36(40)30-21-19-25-17-18-26-20-22-32(44-34(26)33(25)43-30)38-46-45-37(48-38)31-16-8-14-28(42-31)24-11-5-2-6-12-24/h1-22,39-40H. The van der Waals surface area contributed by atoms with E-state index in [0.29, 0.717) is 38.1 Å². The molecule has 0 unspecified atom stereocenters. The van der Waals surface area contributed by atoms with Crippen LogP contribution in [0, 0.1) is 10.8 Å². The van der Waals surface area contributed by atoms with Crippen molar-refractivity contribution in [2.24, 2.45) is 0 Å². The van der Waals surface area contributed by atoms with Gasteiger partial charge in [0.2, 0.25) is 0 Å². The van der Waals surface area contributed by atoms with Gasteiger partial charge in [-0.15, -0.1) is 10.2 Å². The molecule has 0 saturated heterocycles. The zero-order chi connectivity index (χ0) is 32.5. The van der Waals surface area contributed by atoms with E-state index in [1.165, 1.54) is 11.3 Å². The van der Waals surface area contributed by atoms with E-state index in [-0.39, 0.29) is 10.1 Å². The Bertz CT molecular complexity index is 2480. The molecule has 0 aliphatic rings. The normalized spacial score (nSPS) is 11.2. The Hall–Kier alpha value is -5.97. The van der Waals surface area contributed by atoms with Gasteiger partial charge in [-0.05, 0) is 48.2 Å². The monoisotopic (exact) mass is 656 g/mol. The van der Waals surface area contributed by atoms with Crippen molar-refractivity contribution in [1.82, 2.24) is 30.1 Å². The van der Waals surface area contributed by atoms with Crippen LogP contribution in [0.1, 0.15) is 11.4 Å². The summed E-state index contributed by atoms with van der Waals surface area (Å²) in [4.78, 5) is 19.4. The Morgan fingerprint density at radius 1 is 0.438 bits per heavy atom. The maximum absolute atomic E-state index is 8.83. The summed E-state index contributed by atoms with van der Waals surface area (Å²) in [5, 5.41) is 30.0. The van der Waals surface area contributed by atoms with Crippen LogP contribution < -0.4 is 0 Å². The average molecular weight is 657 g/mol. The summed E-state index contributed by atoms with van der Waals surface area (Å²) >= 11 is 2.46. The van der Waals surface area contributed by atoms with E-state index in [2.05, 4.69) is 15.2 Å². The first-order chi connectivity index (χ1) is 23.6. The first kappa shape index (κ1) is 29.4. The smallest absolute Gasteiger partial charge is 0.166 e. The fraction of sp³-hybridized carbons (Fsp3) is 0. The van der Waals surface area contributed by atoms with Crippen LogP contribution in [0.5, 0.6) is 0 Å². The first-order valence-corrected chi connectivity index (χ1v) is 16.7. The van der Waals surface area contributed by atoms with E-state index in [1.807, 2.05) is 127 Å². The zero-order valence-corrected chi connectivity index (χ0v) is 26.8. The number of benzene rings is 3. The zero-order valence-electron chi connectivity index (χ0n) is 25.2. The molecule has 2 N–H and O–H groups in total. The Kier molecular flexibility index (Phi) is 7.77. The van der Waals surface area contributed by atoms with Crippen LogP contribution in [0.4, 0.5) is 0 Å². The molecular weight excluding hydrogens is 633 g/mol. The minimum absolute atomic E-state index is 0.154. The van der Waals surface area contributed by atoms with E-state index in [0.717, 1.165) is 50.7 Å². The van der Waals surface area contributed by atoms with Gasteiger partial charge in [-0.3, -0.25) is 10.8 Å². The second-order valence-corrected chi connectivity index (χ2v) is 12.8. The molecule has 5 aromatic heterocycles. The third-order valence-corrected chi connectivity index (χ3v) is 9.48. The molecule has 3 aromatic carbocycles. The molecule has 8 rings (SSSR count). The van der Waals surface area contributed by atoms with E-state index in [9.17, 15) is 0 Å². The van der Waals surface area contributed by atoms with Crippen LogP contribution in [-0.2, 0) is 0 Å². The molecule has 0 aliphatic heterocycles. The minimum atomic E-state index is 0.154. The SMILES string of the molecule is N=C(SC(=N)c1ccc2ccc3ccc(-c4nnc(-c5cccc(-c6ccccc6)n5)s4)nc3c2n1)c1cccc(-c2ccccc2)n1. The lowest BCUT2D eigenvalue weighted by Gasteiger charge is -2.09. The highest BCUT2D eigenvalue weighted by Crippen LogP contribution is 2.32. The summed E-state index contributed by atoms with van der Waals surface area (Å²) in [5.74, 6) is 0. The van der Waals surface area contributed by atoms with Crippen molar-refractivity contribution in [1.29, 1.82) is 10.8 Å². The highest BCUT2D eigenvalue weighted by molar-refractivity contribution is 8.27. The number of nitrogens with zero attached hydrogens (tertiary/aromatic N) is 6. The van der Waals surface area contributed by atoms with Gasteiger partial charge in [0.15, 0.2) is 10.0 Å². The van der Waals surface area contributed by atoms with Crippen molar-refractivity contribution in [2.45, 2.75) is 0 Å². The summed E-state index contributed by atoms with van der Waals surface area (Å²) in [6, 6.07) is 43.1. The van der Waals surface area contributed by atoms with Gasteiger partial charge in [0.25, 0.3) is 0 Å². The van der Waals surface area contributed by atoms with Gasteiger partial charge in [0.1, 0.15) is 21.5 Å². The van der Waals surface area contributed by atoms with Crippen molar-refractivity contribution < 1.29 is 0 Å². The fourth-order valence-electron chi connectivity index (χ4n) is 5.30. The maximum Gasteiger partial charge on any atom is 0.166 e. The van der Waals surface area contributed by atoms with Crippen molar-refractivity contribution in [2.75, 3.05) is 0 Å². The lowest BCUT2D eigenvalue weighted by atomic mass is 10.1. The molecular formula is C38H24N8S2. The topological polar surface area (TPSA) is 125 Å². The molecule has 0 fully saturated rings. The highest BCUT2D eigenvalue weighted by Gasteiger charge is 2.16. The summed E-state index contributed by atoms with van der Waals surface area (Å²) in [7, 11) is 0. The average Bonchev–Trinajstić information content (AvgIpc) is 3.66. The second kappa shape index (κ2) is 12.7.